The maximum atomic E-state index is 12.5. The lowest BCUT2D eigenvalue weighted by atomic mass is 10.1. The van der Waals surface area contributed by atoms with E-state index in [0.717, 1.165) is 11.5 Å². The molecular formula is C19H27N7O3. The molecule has 2 aliphatic heterocycles. The van der Waals surface area contributed by atoms with Crippen LogP contribution in [0, 0.1) is 5.92 Å². The highest BCUT2D eigenvalue weighted by atomic mass is 16.6. The van der Waals surface area contributed by atoms with Crippen LogP contribution in [0.2, 0.25) is 0 Å². The largest absolute Gasteiger partial charge is 0.444 e. The number of nitrogens with zero attached hydrogens (tertiary/aromatic N) is 7. The zero-order valence-electron chi connectivity index (χ0n) is 17.1. The van der Waals surface area contributed by atoms with E-state index >= 15 is 0 Å². The number of rotatable bonds is 4. The van der Waals surface area contributed by atoms with Crippen molar-refractivity contribution < 1.29 is 14.3 Å². The zero-order valence-corrected chi connectivity index (χ0v) is 17.1. The predicted octanol–water partition coefficient (Wildman–Crippen LogP) is 2.80. The maximum absolute atomic E-state index is 12.5. The van der Waals surface area contributed by atoms with Crippen molar-refractivity contribution in [3.8, 4) is 0 Å². The van der Waals surface area contributed by atoms with Crippen molar-refractivity contribution in [2.24, 2.45) is 11.0 Å². The summed E-state index contributed by atoms with van der Waals surface area (Å²) >= 11 is 0. The quantitative estimate of drug-likeness (QED) is 0.437. The van der Waals surface area contributed by atoms with E-state index in [9.17, 15) is 9.59 Å². The third-order valence-corrected chi connectivity index (χ3v) is 4.90. The highest BCUT2D eigenvalue weighted by Crippen LogP contribution is 2.32. The van der Waals surface area contributed by atoms with Gasteiger partial charge in [-0.1, -0.05) is 5.11 Å². The summed E-state index contributed by atoms with van der Waals surface area (Å²) in [5, 5.41) is 3.61. The number of azide groups is 1. The Balaban J connectivity index is 1.68. The van der Waals surface area contributed by atoms with E-state index in [4.69, 9.17) is 10.3 Å². The molecule has 0 saturated carbocycles. The van der Waals surface area contributed by atoms with Crippen LogP contribution in [-0.4, -0.2) is 66.8 Å². The third kappa shape index (κ3) is 5.08. The molecule has 0 aliphatic carbocycles. The fourth-order valence-electron chi connectivity index (χ4n) is 3.56. The minimum atomic E-state index is -0.523. The average Bonchev–Trinajstić information content (AvgIpc) is 3.05. The highest BCUT2D eigenvalue weighted by Gasteiger charge is 2.33. The summed E-state index contributed by atoms with van der Waals surface area (Å²) in [4.78, 5) is 37.6. The number of piperazine rings is 1. The monoisotopic (exact) mass is 401 g/mol. The van der Waals surface area contributed by atoms with Gasteiger partial charge in [-0.15, -0.1) is 0 Å². The Hall–Kier alpha value is -3.00. The van der Waals surface area contributed by atoms with Gasteiger partial charge in [-0.2, -0.15) is 0 Å². The number of hydrogen-bond acceptors (Lipinski definition) is 6. The SMILES string of the molecule is CC(C)(C)OC(=O)N1CCN(c2ncccc2N2CC(CN=[N+]=[N-])CC2=O)CC1. The minimum absolute atomic E-state index is 0.00443. The van der Waals surface area contributed by atoms with Crippen molar-refractivity contribution in [1.82, 2.24) is 9.88 Å². The van der Waals surface area contributed by atoms with Crippen LogP contribution in [0.25, 0.3) is 10.4 Å². The molecule has 1 atom stereocenters. The summed E-state index contributed by atoms with van der Waals surface area (Å²) in [6.07, 6.45) is 1.76. The van der Waals surface area contributed by atoms with Crippen molar-refractivity contribution in [1.29, 1.82) is 0 Å². The molecule has 2 fully saturated rings. The molecule has 2 amide bonds. The lowest BCUT2D eigenvalue weighted by Gasteiger charge is -2.37. The first-order valence-corrected chi connectivity index (χ1v) is 9.77. The smallest absolute Gasteiger partial charge is 0.410 e. The van der Waals surface area contributed by atoms with Gasteiger partial charge in [0.2, 0.25) is 5.91 Å². The number of pyridine rings is 1. The van der Waals surface area contributed by atoms with Crippen LogP contribution >= 0.6 is 0 Å². The summed E-state index contributed by atoms with van der Waals surface area (Å²) in [6.45, 7) is 8.63. The summed E-state index contributed by atoms with van der Waals surface area (Å²) in [5.74, 6) is 0.745. The number of hydrogen-bond donors (Lipinski definition) is 0. The first kappa shape index (κ1) is 20.7. The number of amides is 2. The Morgan fingerprint density at radius 1 is 1.34 bits per heavy atom. The first-order valence-electron chi connectivity index (χ1n) is 9.77. The molecule has 1 aromatic heterocycles. The Kier molecular flexibility index (Phi) is 6.12. The molecule has 156 valence electrons. The van der Waals surface area contributed by atoms with Crippen molar-refractivity contribution in [2.45, 2.75) is 32.8 Å². The molecule has 10 nitrogen and oxygen atoms in total. The summed E-state index contributed by atoms with van der Waals surface area (Å²) in [7, 11) is 0. The Morgan fingerprint density at radius 3 is 2.72 bits per heavy atom. The van der Waals surface area contributed by atoms with Crippen molar-refractivity contribution in [3.05, 3.63) is 28.8 Å². The molecular weight excluding hydrogens is 374 g/mol. The van der Waals surface area contributed by atoms with Gasteiger partial charge in [-0.05, 0) is 44.4 Å². The molecule has 0 bridgehead atoms. The van der Waals surface area contributed by atoms with E-state index < -0.39 is 5.60 Å². The average molecular weight is 401 g/mol. The minimum Gasteiger partial charge on any atom is -0.444 e. The number of aromatic nitrogens is 1. The fraction of sp³-hybridized carbons (Fsp3) is 0.632. The Bertz CT molecular complexity index is 808. The van der Waals surface area contributed by atoms with Gasteiger partial charge in [0.25, 0.3) is 0 Å². The van der Waals surface area contributed by atoms with Crippen LogP contribution in [0.4, 0.5) is 16.3 Å². The Morgan fingerprint density at radius 2 is 2.07 bits per heavy atom. The molecule has 0 aromatic carbocycles. The first-order chi connectivity index (χ1) is 13.8. The Labute approximate surface area is 170 Å². The van der Waals surface area contributed by atoms with E-state index in [0.29, 0.717) is 45.7 Å². The van der Waals surface area contributed by atoms with Crippen LogP contribution in [0.1, 0.15) is 27.2 Å². The predicted molar refractivity (Wildman–Crippen MR) is 109 cm³/mol. The molecule has 1 unspecified atom stereocenters. The van der Waals surface area contributed by atoms with Crippen LogP contribution in [0.3, 0.4) is 0 Å². The number of carbonyl (C=O) groups is 2. The molecule has 0 spiro atoms. The van der Waals surface area contributed by atoms with E-state index in [-0.39, 0.29) is 17.9 Å². The lowest BCUT2D eigenvalue weighted by Crippen LogP contribution is -2.50. The van der Waals surface area contributed by atoms with Gasteiger partial charge in [0.05, 0.1) is 5.69 Å². The van der Waals surface area contributed by atoms with Crippen LogP contribution in [0.15, 0.2) is 23.4 Å². The number of carbonyl (C=O) groups excluding carboxylic acids is 2. The van der Waals surface area contributed by atoms with Crippen molar-refractivity contribution in [2.75, 3.05) is 49.1 Å². The van der Waals surface area contributed by atoms with E-state index in [1.807, 2.05) is 32.9 Å². The summed E-state index contributed by atoms with van der Waals surface area (Å²) < 4.78 is 5.45. The third-order valence-electron chi connectivity index (χ3n) is 4.90. The van der Waals surface area contributed by atoms with Gasteiger partial charge in [0.15, 0.2) is 5.82 Å². The van der Waals surface area contributed by atoms with Gasteiger partial charge in [-0.25, -0.2) is 9.78 Å². The van der Waals surface area contributed by atoms with E-state index in [1.165, 1.54) is 0 Å². The van der Waals surface area contributed by atoms with Gasteiger partial charge >= 0.3 is 6.09 Å². The number of anilines is 2. The zero-order chi connectivity index (χ0) is 21.0. The van der Waals surface area contributed by atoms with Gasteiger partial charge in [0, 0.05) is 56.8 Å². The van der Waals surface area contributed by atoms with Crippen molar-refractivity contribution in [3.63, 3.8) is 0 Å². The second kappa shape index (κ2) is 8.57. The van der Waals surface area contributed by atoms with E-state index in [2.05, 4.69) is 19.9 Å². The lowest BCUT2D eigenvalue weighted by molar-refractivity contribution is -0.117. The molecule has 29 heavy (non-hydrogen) atoms. The second-order valence-electron chi connectivity index (χ2n) is 8.29. The highest BCUT2D eigenvalue weighted by molar-refractivity contribution is 5.98. The maximum Gasteiger partial charge on any atom is 0.410 e. The molecule has 3 rings (SSSR count). The second-order valence-corrected chi connectivity index (χ2v) is 8.29. The van der Waals surface area contributed by atoms with E-state index in [1.54, 1.807) is 16.0 Å². The molecule has 10 heteroatoms. The van der Waals surface area contributed by atoms with Gasteiger partial charge in [0.1, 0.15) is 5.60 Å². The van der Waals surface area contributed by atoms with Crippen molar-refractivity contribution >= 4 is 23.5 Å². The fourth-order valence-corrected chi connectivity index (χ4v) is 3.56. The normalized spacial score (nSPS) is 19.9. The molecule has 0 radical (unpaired) electrons. The van der Waals surface area contributed by atoms with Crippen LogP contribution in [-0.2, 0) is 9.53 Å². The topological polar surface area (TPSA) is 115 Å². The van der Waals surface area contributed by atoms with Gasteiger partial charge < -0.3 is 19.4 Å². The van der Waals surface area contributed by atoms with Crippen LogP contribution < -0.4 is 9.80 Å². The summed E-state index contributed by atoms with van der Waals surface area (Å²) in [6, 6.07) is 3.69. The molecule has 2 aliphatic rings. The number of ether oxygens (including phenoxy) is 1. The summed E-state index contributed by atoms with van der Waals surface area (Å²) in [5.41, 5.74) is 8.75. The molecule has 1 aromatic rings. The standard InChI is InChI=1S/C19H27N7O3/c1-19(2,3)29-18(28)25-9-7-24(8-10-25)17-15(5-4-6-21-17)26-13-14(11-16(26)27)12-22-23-20/h4-6,14H,7-13H2,1-3H3. The van der Waals surface area contributed by atoms with Gasteiger partial charge in [-0.3, -0.25) is 4.79 Å². The van der Waals surface area contributed by atoms with Crippen LogP contribution in [0.5, 0.6) is 0 Å². The molecule has 2 saturated heterocycles. The molecule has 0 N–H and O–H groups in total. The molecule has 3 heterocycles.